The van der Waals surface area contributed by atoms with Crippen molar-refractivity contribution in [1.82, 2.24) is 4.90 Å². The molecule has 0 bridgehead atoms. The molecule has 3 nitrogen and oxygen atoms in total. The molecule has 2 unspecified atom stereocenters. The Morgan fingerprint density at radius 1 is 1.05 bits per heavy atom. The number of carbonyl (C=O) groups is 2. The lowest BCUT2D eigenvalue weighted by Gasteiger charge is -2.42. The Kier molecular flexibility index (Phi) is 3.60. The number of nitrogens with zero attached hydrogens (tertiary/aromatic N) is 1. The molecule has 3 rings (SSSR count). The predicted molar refractivity (Wildman–Crippen MR) is 82.4 cm³/mol. The highest BCUT2D eigenvalue weighted by molar-refractivity contribution is 6.09. The number of hydrogen-bond acceptors (Lipinski definition) is 2. The summed E-state index contributed by atoms with van der Waals surface area (Å²) in [6.45, 7) is 6.89. The van der Waals surface area contributed by atoms with Crippen LogP contribution in [0, 0.1) is 20.8 Å². The molecule has 0 radical (unpaired) electrons. The summed E-state index contributed by atoms with van der Waals surface area (Å²) < 4.78 is 0. The van der Waals surface area contributed by atoms with Crippen molar-refractivity contribution in [3.63, 3.8) is 0 Å². The van der Waals surface area contributed by atoms with Gasteiger partial charge in [-0.05, 0) is 56.7 Å². The topological polar surface area (TPSA) is 37.4 Å². The normalized spacial score (nSPS) is 26.0. The van der Waals surface area contributed by atoms with Crippen LogP contribution in [0.2, 0.25) is 0 Å². The van der Waals surface area contributed by atoms with Crippen LogP contribution >= 0.6 is 0 Å². The molecule has 0 aromatic heterocycles. The van der Waals surface area contributed by atoms with Gasteiger partial charge in [-0.2, -0.15) is 0 Å². The summed E-state index contributed by atoms with van der Waals surface area (Å²) in [5, 5.41) is 0. The van der Waals surface area contributed by atoms with Gasteiger partial charge in [-0.25, -0.2) is 0 Å². The number of rotatable bonds is 1. The Morgan fingerprint density at radius 3 is 2.38 bits per heavy atom. The Bertz CT molecular complexity index is 582. The maximum Gasteiger partial charge on any atom is 0.237 e. The molecule has 0 spiro atoms. The Labute approximate surface area is 126 Å². The standard InChI is InChI=1S/C18H23NO2/c1-11-8-12(2)16(13(3)9-11)17-15(20)10-14-6-4-5-7-19(14)18(17)21/h8-9,14,17H,4-7,10H2,1-3H3. The van der Waals surface area contributed by atoms with Crippen LogP contribution in [0.5, 0.6) is 0 Å². The molecule has 2 aliphatic heterocycles. The number of aryl methyl sites for hydroxylation is 3. The largest absolute Gasteiger partial charge is 0.338 e. The van der Waals surface area contributed by atoms with Crippen molar-refractivity contribution in [2.45, 2.75) is 58.4 Å². The van der Waals surface area contributed by atoms with Crippen LogP contribution < -0.4 is 0 Å². The smallest absolute Gasteiger partial charge is 0.237 e. The van der Waals surface area contributed by atoms with Gasteiger partial charge in [-0.1, -0.05) is 17.7 Å². The van der Waals surface area contributed by atoms with E-state index >= 15 is 0 Å². The molecular weight excluding hydrogens is 262 g/mol. The van der Waals surface area contributed by atoms with Crippen molar-refractivity contribution >= 4 is 11.7 Å². The number of hydrogen-bond donors (Lipinski definition) is 0. The lowest BCUT2D eigenvalue weighted by Crippen LogP contribution is -2.53. The van der Waals surface area contributed by atoms with E-state index in [0.717, 1.165) is 42.5 Å². The molecule has 3 heteroatoms. The zero-order valence-corrected chi connectivity index (χ0v) is 13.1. The lowest BCUT2D eigenvalue weighted by atomic mass is 9.79. The van der Waals surface area contributed by atoms with Crippen molar-refractivity contribution in [1.29, 1.82) is 0 Å². The molecule has 0 saturated carbocycles. The fourth-order valence-electron chi connectivity index (χ4n) is 4.09. The number of amides is 1. The summed E-state index contributed by atoms with van der Waals surface area (Å²) in [6.07, 6.45) is 3.71. The van der Waals surface area contributed by atoms with Crippen LogP contribution in [0.15, 0.2) is 12.1 Å². The van der Waals surface area contributed by atoms with E-state index in [1.54, 1.807) is 0 Å². The first kappa shape index (κ1) is 14.3. The molecule has 21 heavy (non-hydrogen) atoms. The Morgan fingerprint density at radius 2 is 1.71 bits per heavy atom. The fourth-order valence-corrected chi connectivity index (χ4v) is 4.09. The van der Waals surface area contributed by atoms with Crippen LogP contribution in [-0.4, -0.2) is 29.2 Å². The second-order valence-corrected chi connectivity index (χ2v) is 6.60. The molecule has 2 saturated heterocycles. The van der Waals surface area contributed by atoms with E-state index < -0.39 is 5.92 Å². The monoisotopic (exact) mass is 285 g/mol. The van der Waals surface area contributed by atoms with Crippen molar-refractivity contribution < 1.29 is 9.59 Å². The Balaban J connectivity index is 2.02. The third-order valence-electron chi connectivity index (χ3n) is 4.94. The van der Waals surface area contributed by atoms with E-state index in [0.29, 0.717) is 6.42 Å². The summed E-state index contributed by atoms with van der Waals surface area (Å²) >= 11 is 0. The molecular formula is C18H23NO2. The van der Waals surface area contributed by atoms with Gasteiger partial charge in [-0.15, -0.1) is 0 Å². The quantitative estimate of drug-likeness (QED) is 0.744. The minimum atomic E-state index is -0.569. The van der Waals surface area contributed by atoms with E-state index in [-0.39, 0.29) is 17.7 Å². The maximum atomic E-state index is 12.9. The molecule has 112 valence electrons. The van der Waals surface area contributed by atoms with Crippen molar-refractivity contribution in [2.75, 3.05) is 6.54 Å². The average Bonchev–Trinajstić information content (AvgIpc) is 2.41. The number of benzene rings is 1. The minimum absolute atomic E-state index is 0.0333. The van der Waals surface area contributed by atoms with E-state index in [4.69, 9.17) is 0 Å². The second kappa shape index (κ2) is 5.28. The maximum absolute atomic E-state index is 12.9. The van der Waals surface area contributed by atoms with Crippen molar-refractivity contribution in [3.8, 4) is 0 Å². The third-order valence-corrected chi connectivity index (χ3v) is 4.94. The molecule has 0 aliphatic carbocycles. The van der Waals surface area contributed by atoms with Crippen LogP contribution in [0.3, 0.4) is 0 Å². The molecule has 2 heterocycles. The van der Waals surface area contributed by atoms with Crippen LogP contribution in [-0.2, 0) is 9.59 Å². The van der Waals surface area contributed by atoms with E-state index in [9.17, 15) is 9.59 Å². The Hall–Kier alpha value is -1.64. The minimum Gasteiger partial charge on any atom is -0.338 e. The highest BCUT2D eigenvalue weighted by Gasteiger charge is 2.43. The number of fused-ring (bicyclic) bond motifs is 1. The molecule has 1 amide bonds. The van der Waals surface area contributed by atoms with Gasteiger partial charge in [0.1, 0.15) is 5.92 Å². The van der Waals surface area contributed by atoms with Gasteiger partial charge in [0.05, 0.1) is 0 Å². The summed E-state index contributed by atoms with van der Waals surface area (Å²) in [7, 11) is 0. The predicted octanol–water partition coefficient (Wildman–Crippen LogP) is 3.05. The van der Waals surface area contributed by atoms with Gasteiger partial charge >= 0.3 is 0 Å². The number of piperidine rings is 2. The summed E-state index contributed by atoms with van der Waals surface area (Å²) in [4.78, 5) is 27.4. The summed E-state index contributed by atoms with van der Waals surface area (Å²) in [6, 6.07) is 4.30. The third kappa shape index (κ3) is 2.39. The van der Waals surface area contributed by atoms with Gasteiger partial charge in [0.2, 0.25) is 5.91 Å². The number of Topliss-reactive ketones (excluding diaryl/α,β-unsaturated/α-hetero) is 1. The first-order chi connectivity index (χ1) is 9.99. The highest BCUT2D eigenvalue weighted by atomic mass is 16.2. The van der Waals surface area contributed by atoms with Gasteiger partial charge in [0.25, 0.3) is 0 Å². The SMILES string of the molecule is Cc1cc(C)c(C2C(=O)CC3CCCCN3C2=O)c(C)c1. The van der Waals surface area contributed by atoms with Crippen molar-refractivity contribution in [3.05, 3.63) is 34.4 Å². The zero-order chi connectivity index (χ0) is 15.1. The average molecular weight is 285 g/mol. The van der Waals surface area contributed by atoms with Gasteiger partial charge in [-0.3, -0.25) is 9.59 Å². The van der Waals surface area contributed by atoms with Crippen LogP contribution in [0.1, 0.15) is 53.9 Å². The van der Waals surface area contributed by atoms with E-state index in [1.165, 1.54) is 5.56 Å². The van der Waals surface area contributed by atoms with Gasteiger partial charge in [0, 0.05) is 19.0 Å². The molecule has 1 aromatic rings. The van der Waals surface area contributed by atoms with E-state index in [2.05, 4.69) is 19.1 Å². The zero-order valence-electron chi connectivity index (χ0n) is 13.1. The first-order valence-corrected chi connectivity index (χ1v) is 7.90. The first-order valence-electron chi connectivity index (χ1n) is 7.90. The lowest BCUT2D eigenvalue weighted by molar-refractivity contribution is -0.146. The molecule has 1 aromatic carbocycles. The van der Waals surface area contributed by atoms with Crippen molar-refractivity contribution in [2.24, 2.45) is 0 Å². The van der Waals surface area contributed by atoms with Gasteiger partial charge < -0.3 is 4.90 Å². The second-order valence-electron chi connectivity index (χ2n) is 6.60. The van der Waals surface area contributed by atoms with E-state index in [1.807, 2.05) is 18.7 Å². The molecule has 2 fully saturated rings. The number of ketones is 1. The summed E-state index contributed by atoms with van der Waals surface area (Å²) in [5.41, 5.74) is 4.25. The van der Waals surface area contributed by atoms with Crippen LogP contribution in [0.4, 0.5) is 0 Å². The van der Waals surface area contributed by atoms with Crippen LogP contribution in [0.25, 0.3) is 0 Å². The molecule has 0 N–H and O–H groups in total. The summed E-state index contributed by atoms with van der Waals surface area (Å²) in [5.74, 6) is -0.427. The molecule has 2 aliphatic rings. The number of carbonyl (C=O) groups excluding carboxylic acids is 2. The highest BCUT2D eigenvalue weighted by Crippen LogP contribution is 2.36. The molecule has 2 atom stereocenters. The fraction of sp³-hybridized carbons (Fsp3) is 0.556. The van der Waals surface area contributed by atoms with Gasteiger partial charge in [0.15, 0.2) is 5.78 Å².